The number of carbonyl (C=O) groups excluding carboxylic acids is 2. The van der Waals surface area contributed by atoms with E-state index in [1.807, 2.05) is 9.80 Å². The van der Waals surface area contributed by atoms with Crippen LogP contribution in [0.3, 0.4) is 0 Å². The number of hydrogen-bond donors (Lipinski definition) is 1. The summed E-state index contributed by atoms with van der Waals surface area (Å²) in [6.45, 7) is 3.21. The summed E-state index contributed by atoms with van der Waals surface area (Å²) in [5.74, 6) is 0.430. The average Bonchev–Trinajstić information content (AvgIpc) is 3.33. The van der Waals surface area contributed by atoms with Crippen molar-refractivity contribution in [1.82, 2.24) is 15.1 Å². The highest BCUT2D eigenvalue weighted by Gasteiger charge is 2.33. The van der Waals surface area contributed by atoms with E-state index in [0.717, 1.165) is 45.3 Å². The first-order valence-corrected chi connectivity index (χ1v) is 8.56. The van der Waals surface area contributed by atoms with Crippen LogP contribution in [0.2, 0.25) is 0 Å². The van der Waals surface area contributed by atoms with Crippen molar-refractivity contribution in [2.24, 2.45) is 0 Å². The summed E-state index contributed by atoms with van der Waals surface area (Å²) in [7, 11) is 0. The van der Waals surface area contributed by atoms with Gasteiger partial charge < -0.3 is 15.1 Å². The monoisotopic (exact) mass is 293 g/mol. The average molecular weight is 293 g/mol. The van der Waals surface area contributed by atoms with Gasteiger partial charge in [-0.1, -0.05) is 0 Å². The fraction of sp³-hybridized carbons (Fsp3) is 0.875. The number of nitrogens with zero attached hydrogens (tertiary/aromatic N) is 2. The topological polar surface area (TPSA) is 52.7 Å². The van der Waals surface area contributed by atoms with E-state index < -0.39 is 0 Å². The molecule has 1 unspecified atom stereocenters. The molecule has 0 spiro atoms. The Morgan fingerprint density at radius 1 is 1.05 bits per heavy atom. The molecular formula is C16H27N3O2. The molecule has 1 atom stereocenters. The fourth-order valence-electron chi connectivity index (χ4n) is 3.38. The molecule has 118 valence electrons. The standard InChI is InChI=1S/C16H27N3O2/c20-15(18-9-2-1-3-10-18)8-12-19-11-4-5-14(16(19)21)17-13-6-7-13/h13-14,17H,1-12H2. The third-order valence-electron chi connectivity index (χ3n) is 4.85. The predicted octanol–water partition coefficient (Wildman–Crippen LogP) is 1.13. The zero-order valence-corrected chi connectivity index (χ0v) is 12.9. The molecule has 21 heavy (non-hydrogen) atoms. The Labute approximate surface area is 127 Å². The van der Waals surface area contributed by atoms with Crippen molar-refractivity contribution < 1.29 is 9.59 Å². The van der Waals surface area contributed by atoms with Crippen LogP contribution in [0.25, 0.3) is 0 Å². The molecular weight excluding hydrogens is 266 g/mol. The summed E-state index contributed by atoms with van der Waals surface area (Å²) >= 11 is 0. The Morgan fingerprint density at radius 2 is 1.81 bits per heavy atom. The lowest BCUT2D eigenvalue weighted by Gasteiger charge is -2.33. The van der Waals surface area contributed by atoms with Crippen LogP contribution < -0.4 is 5.32 Å². The Bertz CT molecular complexity index is 389. The molecule has 2 amide bonds. The molecule has 1 saturated carbocycles. The van der Waals surface area contributed by atoms with Crippen LogP contribution in [0.5, 0.6) is 0 Å². The first-order chi connectivity index (χ1) is 10.2. The molecule has 3 rings (SSSR count). The van der Waals surface area contributed by atoms with Crippen molar-refractivity contribution in [3.8, 4) is 0 Å². The molecule has 3 aliphatic rings. The Balaban J connectivity index is 1.44. The molecule has 0 aromatic heterocycles. The van der Waals surface area contributed by atoms with Gasteiger partial charge in [-0.3, -0.25) is 9.59 Å². The number of amides is 2. The van der Waals surface area contributed by atoms with Gasteiger partial charge in [0.1, 0.15) is 0 Å². The van der Waals surface area contributed by atoms with Gasteiger partial charge in [0, 0.05) is 38.6 Å². The number of carbonyl (C=O) groups is 2. The summed E-state index contributed by atoms with van der Waals surface area (Å²) in [5, 5.41) is 3.44. The third-order valence-corrected chi connectivity index (χ3v) is 4.85. The van der Waals surface area contributed by atoms with Crippen LogP contribution in [0.4, 0.5) is 0 Å². The molecule has 2 saturated heterocycles. The lowest BCUT2D eigenvalue weighted by atomic mass is 10.0. The molecule has 1 aliphatic carbocycles. The minimum Gasteiger partial charge on any atom is -0.343 e. The molecule has 3 fully saturated rings. The largest absolute Gasteiger partial charge is 0.343 e. The van der Waals surface area contributed by atoms with E-state index >= 15 is 0 Å². The van der Waals surface area contributed by atoms with Crippen molar-refractivity contribution >= 4 is 11.8 Å². The molecule has 0 bridgehead atoms. The number of piperidine rings is 2. The SMILES string of the molecule is O=C(CCN1CCCC(NC2CC2)C1=O)N1CCCCC1. The molecule has 0 radical (unpaired) electrons. The molecule has 0 aromatic carbocycles. The first-order valence-electron chi connectivity index (χ1n) is 8.56. The van der Waals surface area contributed by atoms with Gasteiger partial charge in [0.2, 0.25) is 11.8 Å². The van der Waals surface area contributed by atoms with E-state index in [4.69, 9.17) is 0 Å². The van der Waals surface area contributed by atoms with Gasteiger partial charge in [-0.2, -0.15) is 0 Å². The molecule has 2 heterocycles. The Hall–Kier alpha value is -1.10. The molecule has 5 nitrogen and oxygen atoms in total. The minimum atomic E-state index is -0.00339. The van der Waals surface area contributed by atoms with E-state index in [2.05, 4.69) is 5.32 Å². The van der Waals surface area contributed by atoms with Crippen LogP contribution in [-0.4, -0.2) is 59.9 Å². The quantitative estimate of drug-likeness (QED) is 0.827. The van der Waals surface area contributed by atoms with Gasteiger partial charge >= 0.3 is 0 Å². The van der Waals surface area contributed by atoms with Crippen LogP contribution in [0.15, 0.2) is 0 Å². The van der Waals surface area contributed by atoms with E-state index in [1.165, 1.54) is 19.3 Å². The number of nitrogens with one attached hydrogen (secondary N) is 1. The molecule has 2 aliphatic heterocycles. The molecule has 1 N–H and O–H groups in total. The van der Waals surface area contributed by atoms with Crippen LogP contribution in [0.1, 0.15) is 51.4 Å². The Kier molecular flexibility index (Phi) is 4.78. The van der Waals surface area contributed by atoms with Gasteiger partial charge in [-0.15, -0.1) is 0 Å². The second kappa shape index (κ2) is 6.77. The predicted molar refractivity (Wildman–Crippen MR) is 80.8 cm³/mol. The summed E-state index contributed by atoms with van der Waals surface area (Å²) < 4.78 is 0. The summed E-state index contributed by atoms with van der Waals surface area (Å²) in [4.78, 5) is 28.5. The van der Waals surface area contributed by atoms with Crippen molar-refractivity contribution in [2.75, 3.05) is 26.2 Å². The van der Waals surface area contributed by atoms with Crippen molar-refractivity contribution in [1.29, 1.82) is 0 Å². The van der Waals surface area contributed by atoms with E-state index in [0.29, 0.717) is 19.0 Å². The van der Waals surface area contributed by atoms with Gasteiger partial charge in [0.25, 0.3) is 0 Å². The van der Waals surface area contributed by atoms with Crippen LogP contribution in [0, 0.1) is 0 Å². The zero-order valence-electron chi connectivity index (χ0n) is 12.9. The van der Waals surface area contributed by atoms with Gasteiger partial charge in [0.15, 0.2) is 0 Å². The van der Waals surface area contributed by atoms with Gasteiger partial charge in [-0.05, 0) is 44.9 Å². The van der Waals surface area contributed by atoms with Gasteiger partial charge in [-0.25, -0.2) is 0 Å². The van der Waals surface area contributed by atoms with Crippen LogP contribution in [-0.2, 0) is 9.59 Å². The lowest BCUT2D eigenvalue weighted by molar-refractivity contribution is -0.138. The maximum Gasteiger partial charge on any atom is 0.239 e. The first kappa shape index (κ1) is 14.8. The maximum atomic E-state index is 12.4. The number of hydrogen-bond acceptors (Lipinski definition) is 3. The van der Waals surface area contributed by atoms with E-state index in [9.17, 15) is 9.59 Å². The van der Waals surface area contributed by atoms with E-state index in [-0.39, 0.29) is 17.9 Å². The molecule has 0 aromatic rings. The van der Waals surface area contributed by atoms with Crippen LogP contribution >= 0.6 is 0 Å². The minimum absolute atomic E-state index is 0.00339. The smallest absolute Gasteiger partial charge is 0.239 e. The summed E-state index contributed by atoms with van der Waals surface area (Å²) in [6.07, 6.45) is 8.39. The second-order valence-corrected chi connectivity index (χ2v) is 6.65. The lowest BCUT2D eigenvalue weighted by Crippen LogP contribution is -2.52. The number of rotatable bonds is 5. The second-order valence-electron chi connectivity index (χ2n) is 6.65. The maximum absolute atomic E-state index is 12.4. The Morgan fingerprint density at radius 3 is 2.52 bits per heavy atom. The zero-order chi connectivity index (χ0) is 14.7. The van der Waals surface area contributed by atoms with Gasteiger partial charge in [0.05, 0.1) is 6.04 Å². The highest BCUT2D eigenvalue weighted by molar-refractivity contribution is 5.83. The summed E-state index contributed by atoms with van der Waals surface area (Å²) in [6, 6.07) is 0.560. The third kappa shape index (κ3) is 3.96. The van der Waals surface area contributed by atoms with E-state index in [1.54, 1.807) is 0 Å². The number of likely N-dealkylation sites (tertiary alicyclic amines) is 2. The van der Waals surface area contributed by atoms with Crippen molar-refractivity contribution in [3.63, 3.8) is 0 Å². The highest BCUT2D eigenvalue weighted by atomic mass is 16.2. The fourth-order valence-corrected chi connectivity index (χ4v) is 3.38. The summed E-state index contributed by atoms with van der Waals surface area (Å²) in [5.41, 5.74) is 0. The van der Waals surface area contributed by atoms with Crippen molar-refractivity contribution in [2.45, 2.75) is 63.5 Å². The normalized spacial score (nSPS) is 27.0. The van der Waals surface area contributed by atoms with Crippen molar-refractivity contribution in [3.05, 3.63) is 0 Å². The highest BCUT2D eigenvalue weighted by Crippen LogP contribution is 2.22. The molecule has 5 heteroatoms.